The number of rotatable bonds is 4. The minimum atomic E-state index is -1.08. The van der Waals surface area contributed by atoms with Crippen molar-refractivity contribution in [2.24, 2.45) is 0 Å². The van der Waals surface area contributed by atoms with Gasteiger partial charge in [0.1, 0.15) is 12.1 Å². The Labute approximate surface area is 143 Å². The third-order valence-electron chi connectivity index (χ3n) is 3.67. The Bertz CT molecular complexity index is 921. The number of nitrogens with zero attached hydrogens (tertiary/aromatic N) is 4. The highest BCUT2D eigenvalue weighted by molar-refractivity contribution is 6.30. The van der Waals surface area contributed by atoms with Crippen LogP contribution in [0.5, 0.6) is 0 Å². The standard InChI is InChI=1S/C17H15ClN4O2/c1-3-13-10(2)20-15(11-5-4-6-12(18)7-11)21-16(13)22-8-14(17(23)24)19-9-22/h4-9H,3H2,1-2H3,(H,23,24). The van der Waals surface area contributed by atoms with Crippen molar-refractivity contribution in [1.82, 2.24) is 19.5 Å². The van der Waals surface area contributed by atoms with Gasteiger partial charge in [0.2, 0.25) is 0 Å². The molecule has 1 aromatic carbocycles. The van der Waals surface area contributed by atoms with E-state index in [0.29, 0.717) is 16.7 Å². The van der Waals surface area contributed by atoms with Gasteiger partial charge in [0, 0.05) is 28.0 Å². The molecule has 0 aliphatic rings. The minimum Gasteiger partial charge on any atom is -0.476 e. The van der Waals surface area contributed by atoms with Crippen molar-refractivity contribution >= 4 is 17.6 Å². The first-order chi connectivity index (χ1) is 11.5. The number of benzene rings is 1. The Morgan fingerprint density at radius 3 is 2.75 bits per heavy atom. The normalized spacial score (nSPS) is 10.8. The van der Waals surface area contributed by atoms with Crippen LogP contribution >= 0.6 is 11.6 Å². The Balaban J connectivity index is 2.18. The number of halogens is 1. The molecule has 6 nitrogen and oxygen atoms in total. The van der Waals surface area contributed by atoms with E-state index < -0.39 is 5.97 Å². The van der Waals surface area contributed by atoms with Gasteiger partial charge in [-0.05, 0) is 25.5 Å². The topological polar surface area (TPSA) is 80.9 Å². The summed E-state index contributed by atoms with van der Waals surface area (Å²) in [5, 5.41) is 9.67. The third-order valence-corrected chi connectivity index (χ3v) is 3.91. The fraction of sp³-hybridized carbons (Fsp3) is 0.176. The summed E-state index contributed by atoms with van der Waals surface area (Å²) in [6.07, 6.45) is 3.62. The molecule has 0 bridgehead atoms. The molecule has 0 aliphatic heterocycles. The van der Waals surface area contributed by atoms with Crippen molar-refractivity contribution in [2.45, 2.75) is 20.3 Å². The number of carboxylic acids is 1. The van der Waals surface area contributed by atoms with Gasteiger partial charge in [-0.3, -0.25) is 4.57 Å². The van der Waals surface area contributed by atoms with Crippen LogP contribution in [-0.2, 0) is 6.42 Å². The van der Waals surface area contributed by atoms with Crippen LogP contribution in [0.25, 0.3) is 17.2 Å². The number of hydrogen-bond acceptors (Lipinski definition) is 4. The molecule has 122 valence electrons. The molecule has 0 radical (unpaired) electrons. The van der Waals surface area contributed by atoms with Crippen molar-refractivity contribution < 1.29 is 9.90 Å². The van der Waals surface area contributed by atoms with Gasteiger partial charge in [-0.25, -0.2) is 19.7 Å². The lowest BCUT2D eigenvalue weighted by Gasteiger charge is -2.12. The van der Waals surface area contributed by atoms with Crippen LogP contribution in [0.4, 0.5) is 0 Å². The molecule has 3 rings (SSSR count). The summed E-state index contributed by atoms with van der Waals surface area (Å²) in [7, 11) is 0. The van der Waals surface area contributed by atoms with Gasteiger partial charge >= 0.3 is 5.97 Å². The number of carboxylic acid groups (broad SMARTS) is 1. The molecule has 24 heavy (non-hydrogen) atoms. The lowest BCUT2D eigenvalue weighted by Crippen LogP contribution is -2.07. The maximum atomic E-state index is 11.1. The van der Waals surface area contributed by atoms with Crippen LogP contribution in [0.2, 0.25) is 5.02 Å². The molecule has 0 aliphatic carbocycles. The number of aromatic carboxylic acids is 1. The Morgan fingerprint density at radius 1 is 1.33 bits per heavy atom. The molecule has 0 fully saturated rings. The van der Waals surface area contributed by atoms with E-state index in [1.165, 1.54) is 12.5 Å². The zero-order valence-corrected chi connectivity index (χ0v) is 13.9. The molecule has 1 N–H and O–H groups in total. The number of hydrogen-bond donors (Lipinski definition) is 1. The van der Waals surface area contributed by atoms with E-state index >= 15 is 0 Å². The smallest absolute Gasteiger partial charge is 0.356 e. The molecule has 0 amide bonds. The second-order valence-electron chi connectivity index (χ2n) is 5.27. The van der Waals surface area contributed by atoms with Crippen molar-refractivity contribution in [3.8, 4) is 17.2 Å². The number of aromatic nitrogens is 4. The lowest BCUT2D eigenvalue weighted by atomic mass is 10.1. The summed E-state index contributed by atoms with van der Waals surface area (Å²) in [6, 6.07) is 7.30. The van der Waals surface area contributed by atoms with E-state index in [4.69, 9.17) is 16.7 Å². The first kappa shape index (κ1) is 16.1. The van der Waals surface area contributed by atoms with Gasteiger partial charge in [-0.1, -0.05) is 30.7 Å². The van der Waals surface area contributed by atoms with E-state index in [-0.39, 0.29) is 5.69 Å². The highest BCUT2D eigenvalue weighted by Gasteiger charge is 2.15. The molecule has 0 saturated heterocycles. The quantitative estimate of drug-likeness (QED) is 0.784. The summed E-state index contributed by atoms with van der Waals surface area (Å²) in [4.78, 5) is 24.1. The van der Waals surface area contributed by atoms with E-state index in [0.717, 1.165) is 23.2 Å². The van der Waals surface area contributed by atoms with E-state index in [2.05, 4.69) is 15.0 Å². The Kier molecular flexibility index (Phi) is 4.31. The van der Waals surface area contributed by atoms with E-state index in [9.17, 15) is 4.79 Å². The van der Waals surface area contributed by atoms with Crippen LogP contribution in [0, 0.1) is 6.92 Å². The van der Waals surface area contributed by atoms with Crippen molar-refractivity contribution in [3.05, 3.63) is 58.8 Å². The van der Waals surface area contributed by atoms with Crippen LogP contribution in [-0.4, -0.2) is 30.6 Å². The first-order valence-corrected chi connectivity index (χ1v) is 7.78. The van der Waals surface area contributed by atoms with Crippen molar-refractivity contribution in [2.75, 3.05) is 0 Å². The summed E-state index contributed by atoms with van der Waals surface area (Å²) < 4.78 is 1.62. The highest BCUT2D eigenvalue weighted by Crippen LogP contribution is 2.24. The van der Waals surface area contributed by atoms with Crippen LogP contribution in [0.3, 0.4) is 0 Å². The van der Waals surface area contributed by atoms with Gasteiger partial charge in [0.25, 0.3) is 0 Å². The molecule has 3 aromatic rings. The number of carbonyl (C=O) groups is 1. The van der Waals surface area contributed by atoms with Crippen LogP contribution < -0.4 is 0 Å². The van der Waals surface area contributed by atoms with Gasteiger partial charge in [0.15, 0.2) is 11.5 Å². The third kappa shape index (κ3) is 3.00. The van der Waals surface area contributed by atoms with Gasteiger partial charge in [-0.2, -0.15) is 0 Å². The van der Waals surface area contributed by atoms with Crippen molar-refractivity contribution in [3.63, 3.8) is 0 Å². The van der Waals surface area contributed by atoms with E-state index in [1.54, 1.807) is 16.7 Å². The fourth-order valence-electron chi connectivity index (χ4n) is 2.51. The van der Waals surface area contributed by atoms with Crippen LogP contribution in [0.1, 0.15) is 28.7 Å². The van der Waals surface area contributed by atoms with E-state index in [1.807, 2.05) is 26.0 Å². The number of aryl methyl sites for hydroxylation is 1. The molecular formula is C17H15ClN4O2. The summed E-state index contributed by atoms with van der Waals surface area (Å²) in [5.41, 5.74) is 2.55. The number of imidazole rings is 1. The van der Waals surface area contributed by atoms with Gasteiger partial charge in [0.05, 0.1) is 0 Å². The molecule has 7 heteroatoms. The van der Waals surface area contributed by atoms with Crippen molar-refractivity contribution in [1.29, 1.82) is 0 Å². The predicted molar refractivity (Wildman–Crippen MR) is 90.7 cm³/mol. The predicted octanol–water partition coefficient (Wildman–Crippen LogP) is 3.55. The second kappa shape index (κ2) is 6.41. The Hall–Kier alpha value is -2.73. The van der Waals surface area contributed by atoms with Crippen LogP contribution in [0.15, 0.2) is 36.8 Å². The maximum absolute atomic E-state index is 11.1. The largest absolute Gasteiger partial charge is 0.476 e. The van der Waals surface area contributed by atoms with Gasteiger partial charge < -0.3 is 5.11 Å². The molecule has 0 spiro atoms. The summed E-state index contributed by atoms with van der Waals surface area (Å²) >= 11 is 6.05. The lowest BCUT2D eigenvalue weighted by molar-refractivity contribution is 0.0691. The van der Waals surface area contributed by atoms with Gasteiger partial charge in [-0.15, -0.1) is 0 Å². The maximum Gasteiger partial charge on any atom is 0.356 e. The second-order valence-corrected chi connectivity index (χ2v) is 5.71. The molecule has 2 aromatic heterocycles. The zero-order chi connectivity index (χ0) is 17.3. The average molecular weight is 343 g/mol. The molecule has 0 saturated carbocycles. The summed E-state index contributed by atoms with van der Waals surface area (Å²) in [5.74, 6) is 0.0837. The molecular weight excluding hydrogens is 328 g/mol. The zero-order valence-electron chi connectivity index (χ0n) is 13.2. The highest BCUT2D eigenvalue weighted by atomic mass is 35.5. The SMILES string of the molecule is CCc1c(C)nc(-c2cccc(Cl)c2)nc1-n1cnc(C(=O)O)c1. The monoisotopic (exact) mass is 342 g/mol. The molecule has 0 unspecified atom stereocenters. The first-order valence-electron chi connectivity index (χ1n) is 7.40. The summed E-state index contributed by atoms with van der Waals surface area (Å²) in [6.45, 7) is 3.91. The fourth-order valence-corrected chi connectivity index (χ4v) is 2.70. The Morgan fingerprint density at radius 2 is 2.12 bits per heavy atom. The average Bonchev–Trinajstić information content (AvgIpc) is 3.04. The molecule has 2 heterocycles. The minimum absolute atomic E-state index is 0.0300. The molecule has 0 atom stereocenters.